The molecule has 1 heterocycles. The van der Waals surface area contributed by atoms with Gasteiger partial charge in [-0.15, -0.1) is 0 Å². The Morgan fingerprint density at radius 3 is 2.73 bits per heavy atom. The van der Waals surface area contributed by atoms with Crippen LogP contribution in [0.2, 0.25) is 0 Å². The second-order valence-corrected chi connectivity index (χ2v) is 3.45. The molecule has 0 amide bonds. The summed E-state index contributed by atoms with van der Waals surface area (Å²) < 4.78 is 0. The number of hydrogen-bond donors (Lipinski definition) is 1. The number of aliphatic hydroxyl groups is 1. The van der Waals surface area contributed by atoms with Crippen LogP contribution in [0.4, 0.5) is 0 Å². The molecule has 0 bridgehead atoms. The molecule has 2 nitrogen and oxygen atoms in total. The first kappa shape index (κ1) is 9.01. The third-order valence-electron chi connectivity index (χ3n) is 2.49. The normalized spacial score (nSPS) is 33.0. The van der Waals surface area contributed by atoms with E-state index in [-0.39, 0.29) is 6.10 Å². The van der Waals surface area contributed by atoms with E-state index in [4.69, 9.17) is 0 Å². The number of nitrogens with zero attached hydrogens (tertiary/aromatic N) is 1. The van der Waals surface area contributed by atoms with Crippen LogP contribution in [0.25, 0.3) is 0 Å². The molecule has 0 aromatic rings. The molecule has 0 aromatic heterocycles. The predicted molar refractivity (Wildman–Crippen MR) is 46.6 cm³/mol. The monoisotopic (exact) mass is 157 g/mol. The molecule has 1 aliphatic rings. The van der Waals surface area contributed by atoms with Gasteiger partial charge in [0.1, 0.15) is 0 Å². The highest BCUT2D eigenvalue weighted by atomic mass is 16.3. The summed E-state index contributed by atoms with van der Waals surface area (Å²) in [7, 11) is 0. The van der Waals surface area contributed by atoms with Gasteiger partial charge in [-0.1, -0.05) is 13.8 Å². The average molecular weight is 157 g/mol. The first-order chi connectivity index (χ1) is 5.27. The zero-order chi connectivity index (χ0) is 8.27. The summed E-state index contributed by atoms with van der Waals surface area (Å²) in [4.78, 5) is 2.41. The second-order valence-electron chi connectivity index (χ2n) is 3.45. The largest absolute Gasteiger partial charge is 0.392 e. The number of hydrogen-bond acceptors (Lipinski definition) is 2. The fraction of sp³-hybridized carbons (Fsp3) is 1.00. The molecule has 1 N–H and O–H groups in total. The minimum atomic E-state index is -0.0634. The van der Waals surface area contributed by atoms with Gasteiger partial charge in [0.05, 0.1) is 6.10 Å². The number of likely N-dealkylation sites (tertiary alicyclic amines) is 1. The van der Waals surface area contributed by atoms with E-state index in [0.29, 0.717) is 6.04 Å². The first-order valence-electron chi connectivity index (χ1n) is 4.70. The van der Waals surface area contributed by atoms with Crippen LogP contribution in [0, 0.1) is 0 Å². The predicted octanol–water partition coefficient (Wildman–Crippen LogP) is 1.24. The lowest BCUT2D eigenvalue weighted by Crippen LogP contribution is -2.29. The van der Waals surface area contributed by atoms with Crippen molar-refractivity contribution in [2.24, 2.45) is 0 Å². The minimum Gasteiger partial charge on any atom is -0.392 e. The average Bonchev–Trinajstić information content (AvgIpc) is 2.32. The maximum Gasteiger partial charge on any atom is 0.0682 e. The Kier molecular flexibility index (Phi) is 3.34. The fourth-order valence-corrected chi connectivity index (χ4v) is 1.94. The van der Waals surface area contributed by atoms with E-state index in [0.717, 1.165) is 19.5 Å². The van der Waals surface area contributed by atoms with E-state index in [1.807, 2.05) is 0 Å². The third kappa shape index (κ3) is 2.17. The Labute approximate surface area is 69.2 Å². The second kappa shape index (κ2) is 4.07. The molecule has 0 aromatic carbocycles. The van der Waals surface area contributed by atoms with Gasteiger partial charge in [0.2, 0.25) is 0 Å². The van der Waals surface area contributed by atoms with Crippen LogP contribution in [0.1, 0.15) is 33.1 Å². The van der Waals surface area contributed by atoms with Gasteiger partial charge in [0.25, 0.3) is 0 Å². The smallest absolute Gasteiger partial charge is 0.0682 e. The van der Waals surface area contributed by atoms with Gasteiger partial charge in [-0.3, -0.25) is 4.90 Å². The fourth-order valence-electron chi connectivity index (χ4n) is 1.94. The summed E-state index contributed by atoms with van der Waals surface area (Å²) in [5.41, 5.74) is 0. The lowest BCUT2D eigenvalue weighted by molar-refractivity contribution is 0.175. The molecule has 0 unspecified atom stereocenters. The van der Waals surface area contributed by atoms with Gasteiger partial charge in [0, 0.05) is 12.6 Å². The van der Waals surface area contributed by atoms with E-state index >= 15 is 0 Å². The van der Waals surface area contributed by atoms with Gasteiger partial charge in [0.15, 0.2) is 0 Å². The SMILES string of the molecule is CCCN1C[C@H](O)C[C@@H]1CC. The van der Waals surface area contributed by atoms with Crippen LogP contribution >= 0.6 is 0 Å². The summed E-state index contributed by atoms with van der Waals surface area (Å²) >= 11 is 0. The zero-order valence-corrected chi connectivity index (χ0v) is 7.58. The highest BCUT2D eigenvalue weighted by Gasteiger charge is 2.28. The molecule has 2 heteroatoms. The molecule has 1 rings (SSSR count). The molecule has 0 aliphatic carbocycles. The van der Waals surface area contributed by atoms with E-state index in [1.165, 1.54) is 12.8 Å². The van der Waals surface area contributed by atoms with Crippen LogP contribution in [0.3, 0.4) is 0 Å². The lowest BCUT2D eigenvalue weighted by atomic mass is 10.1. The maximum absolute atomic E-state index is 9.39. The Balaban J connectivity index is 2.37. The van der Waals surface area contributed by atoms with E-state index < -0.39 is 0 Å². The molecular weight excluding hydrogens is 138 g/mol. The molecule has 11 heavy (non-hydrogen) atoms. The van der Waals surface area contributed by atoms with Crippen molar-refractivity contribution in [3.8, 4) is 0 Å². The van der Waals surface area contributed by atoms with Crippen molar-refractivity contribution in [3.63, 3.8) is 0 Å². The molecule has 1 saturated heterocycles. The van der Waals surface area contributed by atoms with E-state index in [9.17, 15) is 5.11 Å². The molecular formula is C9H19NO. The Hall–Kier alpha value is -0.0800. The van der Waals surface area contributed by atoms with Gasteiger partial charge in [-0.05, 0) is 25.8 Å². The van der Waals surface area contributed by atoms with Crippen molar-refractivity contribution >= 4 is 0 Å². The maximum atomic E-state index is 9.39. The zero-order valence-electron chi connectivity index (χ0n) is 7.58. The summed E-state index contributed by atoms with van der Waals surface area (Å²) in [6.07, 6.45) is 3.29. The Bertz CT molecular complexity index is 116. The van der Waals surface area contributed by atoms with Crippen molar-refractivity contribution in [2.45, 2.75) is 45.3 Å². The lowest BCUT2D eigenvalue weighted by Gasteiger charge is -2.21. The van der Waals surface area contributed by atoms with E-state index in [1.54, 1.807) is 0 Å². The van der Waals surface area contributed by atoms with Gasteiger partial charge in [-0.2, -0.15) is 0 Å². The van der Waals surface area contributed by atoms with Crippen molar-refractivity contribution in [1.82, 2.24) is 4.90 Å². The number of β-amino-alcohol motifs (C(OH)–C–C–N with tert-alkyl or cyclic N) is 1. The third-order valence-corrected chi connectivity index (χ3v) is 2.49. The highest BCUT2D eigenvalue weighted by molar-refractivity contribution is 4.83. The van der Waals surface area contributed by atoms with Crippen LogP contribution < -0.4 is 0 Å². The highest BCUT2D eigenvalue weighted by Crippen LogP contribution is 2.19. The topological polar surface area (TPSA) is 23.5 Å². The molecule has 0 spiro atoms. The van der Waals surface area contributed by atoms with E-state index in [2.05, 4.69) is 18.7 Å². The Morgan fingerprint density at radius 1 is 1.45 bits per heavy atom. The van der Waals surface area contributed by atoms with Crippen LogP contribution in [0.5, 0.6) is 0 Å². The van der Waals surface area contributed by atoms with Crippen LogP contribution in [0.15, 0.2) is 0 Å². The quantitative estimate of drug-likeness (QED) is 0.666. The molecule has 0 radical (unpaired) electrons. The summed E-state index contributed by atoms with van der Waals surface area (Å²) in [5, 5.41) is 9.39. The standard InChI is InChI=1S/C9H19NO/c1-3-5-10-7-9(11)6-8(10)4-2/h8-9,11H,3-7H2,1-2H3/t8-,9+/m0/s1. The number of aliphatic hydroxyl groups excluding tert-OH is 1. The van der Waals surface area contributed by atoms with Crippen molar-refractivity contribution in [1.29, 1.82) is 0 Å². The van der Waals surface area contributed by atoms with Gasteiger partial charge >= 0.3 is 0 Å². The summed E-state index contributed by atoms with van der Waals surface area (Å²) in [6.45, 7) is 6.44. The first-order valence-corrected chi connectivity index (χ1v) is 4.70. The van der Waals surface area contributed by atoms with Crippen LogP contribution in [-0.2, 0) is 0 Å². The summed E-state index contributed by atoms with van der Waals surface area (Å²) in [6, 6.07) is 0.643. The molecule has 66 valence electrons. The molecule has 1 fully saturated rings. The van der Waals surface area contributed by atoms with Gasteiger partial charge < -0.3 is 5.11 Å². The minimum absolute atomic E-state index is 0.0634. The van der Waals surface area contributed by atoms with Gasteiger partial charge in [-0.25, -0.2) is 0 Å². The Morgan fingerprint density at radius 2 is 2.18 bits per heavy atom. The van der Waals surface area contributed by atoms with Crippen molar-refractivity contribution < 1.29 is 5.11 Å². The van der Waals surface area contributed by atoms with Crippen molar-refractivity contribution in [2.75, 3.05) is 13.1 Å². The molecule has 2 atom stereocenters. The summed E-state index contributed by atoms with van der Waals surface area (Å²) in [5.74, 6) is 0. The molecule has 1 aliphatic heterocycles. The van der Waals surface area contributed by atoms with Crippen LogP contribution in [-0.4, -0.2) is 35.2 Å². The number of rotatable bonds is 3. The van der Waals surface area contributed by atoms with Crippen molar-refractivity contribution in [3.05, 3.63) is 0 Å². The molecule has 0 saturated carbocycles.